The van der Waals surface area contributed by atoms with E-state index in [1.54, 1.807) is 0 Å². The monoisotopic (exact) mass is 1060 g/mol. The maximum Gasteiger partial charge on any atom is 0.306 e. The molecule has 0 aromatic carbocycles. The van der Waals surface area contributed by atoms with Crippen molar-refractivity contribution >= 4 is 17.9 Å². The quantitative estimate of drug-likeness (QED) is 0.0261. The van der Waals surface area contributed by atoms with Gasteiger partial charge < -0.3 is 14.2 Å². The lowest BCUT2D eigenvalue weighted by Gasteiger charge is -2.18. The first-order chi connectivity index (χ1) is 38.0. The predicted molar refractivity (Wildman–Crippen MR) is 334 cm³/mol. The molecule has 0 fully saturated rings. The van der Waals surface area contributed by atoms with Crippen molar-refractivity contribution in [3.63, 3.8) is 0 Å². The number of hydrogen-bond acceptors (Lipinski definition) is 6. The first-order valence-electron chi connectivity index (χ1n) is 30.6. The molecule has 77 heavy (non-hydrogen) atoms. The zero-order chi connectivity index (χ0) is 55.7. The van der Waals surface area contributed by atoms with Crippen LogP contribution in [0.25, 0.3) is 0 Å². The van der Waals surface area contributed by atoms with Crippen LogP contribution in [0.2, 0.25) is 0 Å². The molecule has 0 saturated heterocycles. The minimum atomic E-state index is -0.831. The molecular formula is C71H110O6. The standard InChI is InChI=1S/C71H110O6/c1-4-7-10-13-16-19-22-25-28-31-34-35-38-40-43-46-49-52-55-58-61-64-70(73)76-67-68(77-71(74)65-62-59-56-53-50-47-44-41-37-33-30-27-24-21-18-15-12-9-6-3)66-75-69(72)63-60-57-54-51-48-45-42-39-36-32-29-26-23-20-17-14-11-8-5-2/h7,9-10,12,16-21,25-30,34-37,39-41,43,47,49-50,52,68H,4-6,8,11,13-15,22-24,31-33,38,42,44-46,48,51,53-67H2,1-3H3/b10-7-,12-9-,19-16-,20-17-,21-18-,28-25-,29-26-,30-27-,35-34-,39-36-,41-37-,43-40-,50-47-,52-49-. The van der Waals surface area contributed by atoms with Crippen LogP contribution in [0, 0.1) is 0 Å². The summed E-state index contributed by atoms with van der Waals surface area (Å²) in [5.74, 6) is -1.02. The van der Waals surface area contributed by atoms with Crippen molar-refractivity contribution in [2.45, 2.75) is 245 Å². The van der Waals surface area contributed by atoms with Crippen LogP contribution >= 0.6 is 0 Å². The van der Waals surface area contributed by atoms with Crippen LogP contribution in [-0.4, -0.2) is 37.2 Å². The van der Waals surface area contributed by atoms with Crippen molar-refractivity contribution in [3.05, 3.63) is 170 Å². The highest BCUT2D eigenvalue weighted by Crippen LogP contribution is 2.12. The Morgan fingerprint density at radius 2 is 0.506 bits per heavy atom. The van der Waals surface area contributed by atoms with Crippen molar-refractivity contribution in [1.82, 2.24) is 0 Å². The first kappa shape index (κ1) is 71.8. The Hall–Kier alpha value is -5.23. The zero-order valence-electron chi connectivity index (χ0n) is 49.1. The molecule has 1 atom stereocenters. The molecule has 0 aromatic heterocycles. The van der Waals surface area contributed by atoms with Crippen molar-refractivity contribution in [2.75, 3.05) is 13.2 Å². The van der Waals surface area contributed by atoms with E-state index in [2.05, 4.69) is 191 Å². The highest BCUT2D eigenvalue weighted by molar-refractivity contribution is 5.71. The second kappa shape index (κ2) is 63.3. The Morgan fingerprint density at radius 3 is 0.831 bits per heavy atom. The van der Waals surface area contributed by atoms with Crippen LogP contribution in [0.15, 0.2) is 170 Å². The van der Waals surface area contributed by atoms with Crippen molar-refractivity contribution < 1.29 is 28.6 Å². The van der Waals surface area contributed by atoms with Crippen LogP contribution in [0.3, 0.4) is 0 Å². The summed E-state index contributed by atoms with van der Waals surface area (Å²) < 4.78 is 16.8. The lowest BCUT2D eigenvalue weighted by atomic mass is 10.1. The van der Waals surface area contributed by atoms with Gasteiger partial charge in [0.2, 0.25) is 0 Å². The fraction of sp³-hybridized carbons (Fsp3) is 0.563. The van der Waals surface area contributed by atoms with Crippen molar-refractivity contribution in [3.8, 4) is 0 Å². The normalized spacial score (nSPS) is 13.3. The third-order valence-corrected chi connectivity index (χ3v) is 12.2. The van der Waals surface area contributed by atoms with E-state index in [1.165, 1.54) is 38.5 Å². The van der Waals surface area contributed by atoms with Gasteiger partial charge in [-0.05, 0) is 154 Å². The third-order valence-electron chi connectivity index (χ3n) is 12.2. The molecule has 0 radical (unpaired) electrons. The first-order valence-corrected chi connectivity index (χ1v) is 30.6. The minimum Gasteiger partial charge on any atom is -0.462 e. The number of unbranched alkanes of at least 4 members (excludes halogenated alkanes) is 14. The number of hydrogen-bond donors (Lipinski definition) is 0. The number of esters is 3. The maximum absolute atomic E-state index is 12.9. The van der Waals surface area contributed by atoms with E-state index in [4.69, 9.17) is 14.2 Å². The molecule has 0 saturated carbocycles. The Morgan fingerprint density at radius 1 is 0.273 bits per heavy atom. The molecule has 0 spiro atoms. The Bertz CT molecular complexity index is 1790. The lowest BCUT2D eigenvalue weighted by molar-refractivity contribution is -0.167. The van der Waals surface area contributed by atoms with Gasteiger partial charge in [0.15, 0.2) is 6.10 Å². The van der Waals surface area contributed by atoms with Gasteiger partial charge in [0, 0.05) is 19.3 Å². The maximum atomic E-state index is 12.9. The predicted octanol–water partition coefficient (Wildman–Crippen LogP) is 21.1. The van der Waals surface area contributed by atoms with Gasteiger partial charge in [0.05, 0.1) is 0 Å². The van der Waals surface area contributed by atoms with Gasteiger partial charge in [-0.3, -0.25) is 14.4 Å². The molecule has 6 nitrogen and oxygen atoms in total. The van der Waals surface area contributed by atoms with Gasteiger partial charge in [0.1, 0.15) is 13.2 Å². The number of ether oxygens (including phenoxy) is 3. The van der Waals surface area contributed by atoms with Crippen LogP contribution in [0.5, 0.6) is 0 Å². The molecule has 0 aromatic rings. The molecule has 0 N–H and O–H groups in total. The van der Waals surface area contributed by atoms with Gasteiger partial charge in [-0.2, -0.15) is 0 Å². The fourth-order valence-electron chi connectivity index (χ4n) is 7.65. The van der Waals surface area contributed by atoms with E-state index in [0.29, 0.717) is 19.3 Å². The number of carbonyl (C=O) groups excluding carboxylic acids is 3. The van der Waals surface area contributed by atoms with Crippen molar-refractivity contribution in [1.29, 1.82) is 0 Å². The van der Waals surface area contributed by atoms with Gasteiger partial charge in [-0.1, -0.05) is 236 Å². The molecule has 430 valence electrons. The summed E-state index contributed by atoms with van der Waals surface area (Å²) in [6, 6.07) is 0. The number of rotatable bonds is 53. The fourth-order valence-corrected chi connectivity index (χ4v) is 7.65. The van der Waals surface area contributed by atoms with E-state index < -0.39 is 6.10 Å². The molecular weight excluding hydrogens is 949 g/mol. The topological polar surface area (TPSA) is 78.9 Å². The van der Waals surface area contributed by atoms with E-state index in [0.717, 1.165) is 148 Å². The molecule has 0 aliphatic rings. The highest BCUT2D eigenvalue weighted by Gasteiger charge is 2.19. The van der Waals surface area contributed by atoms with Crippen molar-refractivity contribution in [2.24, 2.45) is 0 Å². The number of carbonyl (C=O) groups is 3. The van der Waals surface area contributed by atoms with E-state index in [1.807, 2.05) is 0 Å². The molecule has 0 aliphatic heterocycles. The van der Waals surface area contributed by atoms with Crippen LogP contribution < -0.4 is 0 Å². The second-order valence-corrected chi connectivity index (χ2v) is 19.5. The van der Waals surface area contributed by atoms with Crippen LogP contribution in [0.1, 0.15) is 239 Å². The summed E-state index contributed by atoms with van der Waals surface area (Å²) in [7, 11) is 0. The van der Waals surface area contributed by atoms with Crippen LogP contribution in [-0.2, 0) is 28.6 Å². The molecule has 0 heterocycles. The van der Waals surface area contributed by atoms with Gasteiger partial charge in [0.25, 0.3) is 0 Å². The van der Waals surface area contributed by atoms with Crippen LogP contribution in [0.4, 0.5) is 0 Å². The van der Waals surface area contributed by atoms with E-state index in [9.17, 15) is 14.4 Å². The second-order valence-electron chi connectivity index (χ2n) is 19.5. The summed E-state index contributed by atoms with van der Waals surface area (Å²) in [5, 5.41) is 0. The third kappa shape index (κ3) is 61.5. The molecule has 0 bridgehead atoms. The smallest absolute Gasteiger partial charge is 0.306 e. The van der Waals surface area contributed by atoms with Gasteiger partial charge in [-0.25, -0.2) is 0 Å². The Kier molecular flexibility index (Phi) is 59.0. The Labute approximate surface area is 472 Å². The van der Waals surface area contributed by atoms with E-state index >= 15 is 0 Å². The molecule has 0 amide bonds. The minimum absolute atomic E-state index is 0.121. The molecule has 0 aliphatic carbocycles. The summed E-state index contributed by atoms with van der Waals surface area (Å²) in [5.41, 5.74) is 0. The zero-order valence-corrected chi connectivity index (χ0v) is 49.1. The largest absolute Gasteiger partial charge is 0.462 e. The molecule has 0 rings (SSSR count). The van der Waals surface area contributed by atoms with E-state index in [-0.39, 0.29) is 44.0 Å². The SMILES string of the molecule is CC/C=C\C/C=C\C/C=C\C/C=C\C/C=C\C/C=C\CCCCC(=O)OCC(COC(=O)CCCCCCCC/C=C\C/C=C\C/C=C\CCCCC)OC(=O)CCCCC/C=C\C/C=C\C/C=C\C/C=C\C/C=C\CC. The van der Waals surface area contributed by atoms with Gasteiger partial charge in [-0.15, -0.1) is 0 Å². The average molecular weight is 1060 g/mol. The summed E-state index contributed by atoms with van der Waals surface area (Å²) in [4.78, 5) is 38.3. The highest BCUT2D eigenvalue weighted by atomic mass is 16.6. The van der Waals surface area contributed by atoms with Gasteiger partial charge >= 0.3 is 17.9 Å². The Balaban J connectivity index is 4.60. The summed E-state index contributed by atoms with van der Waals surface area (Å²) >= 11 is 0. The summed E-state index contributed by atoms with van der Waals surface area (Å²) in [6.45, 7) is 6.30. The molecule has 6 heteroatoms. The number of allylic oxidation sites excluding steroid dienone is 28. The lowest BCUT2D eigenvalue weighted by Crippen LogP contribution is -2.30. The molecule has 1 unspecified atom stereocenters. The average Bonchev–Trinajstić information content (AvgIpc) is 3.43. The summed E-state index contributed by atoms with van der Waals surface area (Å²) in [6.07, 6.45) is 93.4.